The number of hydrogen-bond donors (Lipinski definition) is 2. The molecule has 0 aliphatic heterocycles. The first-order valence-electron chi connectivity index (χ1n) is 5.74. The molecule has 0 spiro atoms. The number of carbonyl (C=O) groups is 1. The van der Waals surface area contributed by atoms with Crippen molar-refractivity contribution in [1.82, 2.24) is 0 Å². The van der Waals surface area contributed by atoms with Gasteiger partial charge in [0.2, 0.25) is 5.91 Å². The summed E-state index contributed by atoms with van der Waals surface area (Å²) in [7, 11) is 0. The van der Waals surface area contributed by atoms with Gasteiger partial charge in [-0.15, -0.1) is 0 Å². The minimum absolute atomic E-state index is 0.0726. The summed E-state index contributed by atoms with van der Waals surface area (Å²) in [5, 5.41) is 2.56. The number of hydrogen-bond acceptors (Lipinski definition) is 3. The molecule has 1 aromatic carbocycles. The lowest BCUT2D eigenvalue weighted by Crippen LogP contribution is -2.35. The van der Waals surface area contributed by atoms with Gasteiger partial charge in [0.25, 0.3) is 0 Å². The van der Waals surface area contributed by atoms with Gasteiger partial charge >= 0.3 is 5.51 Å². The molecule has 0 heterocycles. The summed E-state index contributed by atoms with van der Waals surface area (Å²) in [5.74, 6) is -0.335. The van der Waals surface area contributed by atoms with Gasteiger partial charge in [0.15, 0.2) is 0 Å². The van der Waals surface area contributed by atoms with Crippen molar-refractivity contribution in [3.63, 3.8) is 0 Å². The van der Waals surface area contributed by atoms with Gasteiger partial charge in [-0.1, -0.05) is 13.3 Å². The van der Waals surface area contributed by atoms with Crippen molar-refractivity contribution >= 4 is 23.4 Å². The quantitative estimate of drug-likeness (QED) is 0.818. The summed E-state index contributed by atoms with van der Waals surface area (Å²) >= 11 is -0.195. The lowest BCUT2D eigenvalue weighted by Gasteiger charge is -2.11. The minimum atomic E-state index is -4.31. The SMILES string of the molecule is CCC[C@@H](N)C(=O)Nc1ccc(SC(F)(F)F)cc1. The van der Waals surface area contributed by atoms with E-state index in [4.69, 9.17) is 5.73 Å². The third kappa shape index (κ3) is 5.98. The number of benzene rings is 1. The number of halogens is 3. The fourth-order valence-electron chi connectivity index (χ4n) is 1.42. The number of anilines is 1. The van der Waals surface area contributed by atoms with E-state index in [0.29, 0.717) is 12.1 Å². The largest absolute Gasteiger partial charge is 0.446 e. The van der Waals surface area contributed by atoms with Crippen LogP contribution in [0.2, 0.25) is 0 Å². The summed E-state index contributed by atoms with van der Waals surface area (Å²) in [5.41, 5.74) is 1.75. The Morgan fingerprint density at radius 1 is 1.37 bits per heavy atom. The zero-order valence-electron chi connectivity index (χ0n) is 10.3. The van der Waals surface area contributed by atoms with E-state index in [-0.39, 0.29) is 22.6 Å². The van der Waals surface area contributed by atoms with Crippen LogP contribution in [0.5, 0.6) is 0 Å². The third-order valence-electron chi connectivity index (χ3n) is 2.29. The van der Waals surface area contributed by atoms with Crippen LogP contribution in [0.15, 0.2) is 29.2 Å². The summed E-state index contributed by atoms with van der Waals surface area (Å²) in [4.78, 5) is 11.7. The van der Waals surface area contributed by atoms with E-state index in [2.05, 4.69) is 5.32 Å². The molecule has 0 radical (unpaired) electrons. The van der Waals surface area contributed by atoms with Crippen molar-refractivity contribution in [2.24, 2.45) is 5.73 Å². The normalized spacial score (nSPS) is 13.1. The molecule has 1 atom stereocenters. The second-order valence-corrected chi connectivity index (χ2v) is 5.10. The first-order chi connectivity index (χ1) is 8.81. The van der Waals surface area contributed by atoms with Crippen molar-refractivity contribution in [1.29, 1.82) is 0 Å². The van der Waals surface area contributed by atoms with E-state index in [1.54, 1.807) is 0 Å². The highest BCUT2D eigenvalue weighted by Crippen LogP contribution is 2.36. The molecule has 1 amide bonds. The summed E-state index contributed by atoms with van der Waals surface area (Å²) in [6.07, 6.45) is 1.35. The highest BCUT2D eigenvalue weighted by atomic mass is 32.2. The van der Waals surface area contributed by atoms with Gasteiger partial charge in [-0.2, -0.15) is 13.2 Å². The predicted octanol–water partition coefficient (Wildman–Crippen LogP) is 3.36. The predicted molar refractivity (Wildman–Crippen MR) is 69.9 cm³/mol. The first kappa shape index (κ1) is 15.8. The lowest BCUT2D eigenvalue weighted by atomic mass is 10.1. The molecule has 0 fully saturated rings. The molecule has 0 aromatic heterocycles. The Bertz CT molecular complexity index is 420. The Kier molecular flexibility index (Phi) is 5.68. The van der Waals surface area contributed by atoms with Crippen LogP contribution in [0.3, 0.4) is 0 Å². The van der Waals surface area contributed by atoms with E-state index in [9.17, 15) is 18.0 Å². The van der Waals surface area contributed by atoms with Crippen LogP contribution in [0, 0.1) is 0 Å². The second kappa shape index (κ2) is 6.81. The molecule has 0 saturated heterocycles. The standard InChI is InChI=1S/C12H15F3N2OS/c1-2-3-10(16)11(18)17-8-4-6-9(7-5-8)19-12(13,14)15/h4-7,10H,2-3,16H2,1H3,(H,17,18)/t10-/m1/s1. The molecule has 3 N–H and O–H groups in total. The smallest absolute Gasteiger partial charge is 0.325 e. The van der Waals surface area contributed by atoms with Crippen molar-refractivity contribution in [2.45, 2.75) is 36.2 Å². The molecule has 19 heavy (non-hydrogen) atoms. The number of alkyl halides is 3. The van der Waals surface area contributed by atoms with Crippen LogP contribution in [0.25, 0.3) is 0 Å². The highest BCUT2D eigenvalue weighted by Gasteiger charge is 2.29. The minimum Gasteiger partial charge on any atom is -0.325 e. The fourth-order valence-corrected chi connectivity index (χ4v) is 1.96. The number of carbonyl (C=O) groups excluding carboxylic acids is 1. The molecule has 0 bridgehead atoms. The van der Waals surface area contributed by atoms with Crippen LogP contribution in [-0.4, -0.2) is 17.5 Å². The Morgan fingerprint density at radius 3 is 2.42 bits per heavy atom. The molecular weight excluding hydrogens is 277 g/mol. The maximum absolute atomic E-state index is 12.1. The summed E-state index contributed by atoms with van der Waals surface area (Å²) in [6, 6.07) is 4.85. The molecule has 7 heteroatoms. The Morgan fingerprint density at radius 2 is 1.95 bits per heavy atom. The van der Waals surface area contributed by atoms with E-state index in [1.807, 2.05) is 6.92 Å². The van der Waals surface area contributed by atoms with Crippen LogP contribution in [-0.2, 0) is 4.79 Å². The van der Waals surface area contributed by atoms with Crippen molar-refractivity contribution < 1.29 is 18.0 Å². The first-order valence-corrected chi connectivity index (χ1v) is 6.55. The highest BCUT2D eigenvalue weighted by molar-refractivity contribution is 8.00. The van der Waals surface area contributed by atoms with Crippen LogP contribution >= 0.6 is 11.8 Å². The molecule has 3 nitrogen and oxygen atoms in total. The maximum Gasteiger partial charge on any atom is 0.446 e. The molecule has 1 rings (SSSR count). The molecule has 1 aromatic rings. The van der Waals surface area contributed by atoms with Crippen molar-refractivity contribution in [2.75, 3.05) is 5.32 Å². The van der Waals surface area contributed by atoms with Gasteiger partial charge in [-0.05, 0) is 42.4 Å². The number of nitrogens with one attached hydrogen (secondary N) is 1. The number of nitrogens with two attached hydrogens (primary N) is 1. The Balaban J connectivity index is 2.59. The Hall–Kier alpha value is -1.21. The summed E-state index contributed by atoms with van der Waals surface area (Å²) < 4.78 is 36.4. The van der Waals surface area contributed by atoms with Crippen LogP contribution in [0.1, 0.15) is 19.8 Å². The maximum atomic E-state index is 12.1. The Labute approximate surface area is 113 Å². The van der Waals surface area contributed by atoms with Gasteiger partial charge in [-0.3, -0.25) is 4.79 Å². The molecule has 0 saturated carbocycles. The molecule has 0 aliphatic carbocycles. The second-order valence-electron chi connectivity index (χ2n) is 3.96. The topological polar surface area (TPSA) is 55.1 Å². The molecule has 0 unspecified atom stereocenters. The van der Waals surface area contributed by atoms with Crippen molar-refractivity contribution in [3.05, 3.63) is 24.3 Å². The number of rotatable bonds is 5. The van der Waals surface area contributed by atoms with Crippen LogP contribution < -0.4 is 11.1 Å². The molecule has 0 aliphatic rings. The zero-order chi connectivity index (χ0) is 14.5. The van der Waals surface area contributed by atoms with Gasteiger partial charge in [0.1, 0.15) is 0 Å². The fraction of sp³-hybridized carbons (Fsp3) is 0.417. The van der Waals surface area contributed by atoms with E-state index < -0.39 is 11.6 Å². The van der Waals surface area contributed by atoms with E-state index in [0.717, 1.165) is 6.42 Å². The van der Waals surface area contributed by atoms with Gasteiger partial charge in [0, 0.05) is 10.6 Å². The molecule has 106 valence electrons. The van der Waals surface area contributed by atoms with Gasteiger partial charge in [0.05, 0.1) is 6.04 Å². The number of thioether (sulfide) groups is 1. The van der Waals surface area contributed by atoms with Gasteiger partial charge in [-0.25, -0.2) is 0 Å². The average Bonchev–Trinajstić information content (AvgIpc) is 2.30. The van der Waals surface area contributed by atoms with Crippen LogP contribution in [0.4, 0.5) is 18.9 Å². The summed E-state index contributed by atoms with van der Waals surface area (Å²) in [6.45, 7) is 1.91. The number of amides is 1. The zero-order valence-corrected chi connectivity index (χ0v) is 11.1. The van der Waals surface area contributed by atoms with Crippen molar-refractivity contribution in [3.8, 4) is 0 Å². The average molecular weight is 292 g/mol. The third-order valence-corrected chi connectivity index (χ3v) is 3.03. The van der Waals surface area contributed by atoms with Gasteiger partial charge < -0.3 is 11.1 Å². The van der Waals surface area contributed by atoms with E-state index in [1.165, 1.54) is 24.3 Å². The van der Waals surface area contributed by atoms with E-state index >= 15 is 0 Å². The monoisotopic (exact) mass is 292 g/mol. The lowest BCUT2D eigenvalue weighted by molar-refractivity contribution is -0.117. The molecular formula is C12H15F3N2OS.